The Balaban J connectivity index is 2.30. The quantitative estimate of drug-likeness (QED) is 0.816. The second kappa shape index (κ2) is 4.52. The second-order valence-electron chi connectivity index (χ2n) is 5.41. The van der Waals surface area contributed by atoms with Crippen molar-refractivity contribution in [3.05, 3.63) is 57.9 Å². The number of benzene rings is 2. The van der Waals surface area contributed by atoms with E-state index in [-0.39, 0.29) is 11.1 Å². The molecule has 2 amide bonds. The van der Waals surface area contributed by atoms with Crippen LogP contribution in [0, 0.1) is 26.6 Å². The summed E-state index contributed by atoms with van der Waals surface area (Å²) < 4.78 is 14.7. The van der Waals surface area contributed by atoms with Gasteiger partial charge in [-0.15, -0.1) is 0 Å². The van der Waals surface area contributed by atoms with Gasteiger partial charge in [0.2, 0.25) is 0 Å². The Bertz CT molecular complexity index is 786. The number of hydrogen-bond donors (Lipinski definition) is 1. The monoisotopic (exact) mass is 283 g/mol. The molecule has 0 atom stereocenters. The molecule has 0 unspecified atom stereocenters. The van der Waals surface area contributed by atoms with Crippen LogP contribution in [0.1, 0.15) is 37.4 Å². The summed E-state index contributed by atoms with van der Waals surface area (Å²) in [6.07, 6.45) is 0. The average Bonchev–Trinajstić information content (AvgIpc) is 2.66. The van der Waals surface area contributed by atoms with Gasteiger partial charge in [0.15, 0.2) is 0 Å². The molecule has 1 aliphatic rings. The van der Waals surface area contributed by atoms with E-state index in [0.29, 0.717) is 5.56 Å². The third kappa shape index (κ3) is 1.95. The van der Waals surface area contributed by atoms with Crippen molar-refractivity contribution in [2.24, 2.45) is 0 Å². The highest BCUT2D eigenvalue weighted by Gasteiger charge is 2.32. The first-order valence-corrected chi connectivity index (χ1v) is 6.66. The number of fused-ring (bicyclic) bond motifs is 1. The van der Waals surface area contributed by atoms with Crippen LogP contribution in [0.4, 0.5) is 4.39 Å². The molecule has 0 saturated heterocycles. The number of nitrogens with one attached hydrogen (secondary N) is 1. The molecule has 0 saturated carbocycles. The Hall–Kier alpha value is -2.49. The van der Waals surface area contributed by atoms with Crippen molar-refractivity contribution in [2.75, 3.05) is 0 Å². The summed E-state index contributed by atoms with van der Waals surface area (Å²) in [5, 5.41) is 2.12. The molecule has 4 heteroatoms. The zero-order valence-corrected chi connectivity index (χ0v) is 12.0. The molecule has 0 aromatic heterocycles. The van der Waals surface area contributed by atoms with E-state index in [1.165, 1.54) is 6.07 Å². The lowest BCUT2D eigenvalue weighted by molar-refractivity contribution is 0.0878. The van der Waals surface area contributed by atoms with Crippen molar-refractivity contribution in [3.63, 3.8) is 0 Å². The fourth-order valence-corrected chi connectivity index (χ4v) is 3.02. The standard InChI is InChI=1S/C17H14FNO2/c1-8-6-9(2)13(10(3)7-8)11-4-5-12-14(15(11)18)17(21)19-16(12)20/h4-7H,1-3H3,(H,19,20,21). The van der Waals surface area contributed by atoms with Crippen LogP contribution in [0.3, 0.4) is 0 Å². The fraction of sp³-hybridized carbons (Fsp3) is 0.176. The van der Waals surface area contributed by atoms with Crippen molar-refractivity contribution in [1.82, 2.24) is 5.32 Å². The zero-order chi connectivity index (χ0) is 15.3. The Morgan fingerprint density at radius 2 is 1.43 bits per heavy atom. The molecule has 0 fully saturated rings. The molecule has 0 bridgehead atoms. The Morgan fingerprint density at radius 3 is 2.05 bits per heavy atom. The van der Waals surface area contributed by atoms with Gasteiger partial charge in [-0.05, 0) is 43.5 Å². The third-order valence-electron chi connectivity index (χ3n) is 3.79. The number of halogens is 1. The Kier molecular flexibility index (Phi) is 2.90. The summed E-state index contributed by atoms with van der Waals surface area (Å²) in [7, 11) is 0. The molecule has 3 rings (SSSR count). The molecular formula is C17H14FNO2. The molecule has 1 aliphatic heterocycles. The van der Waals surface area contributed by atoms with Gasteiger partial charge in [0.05, 0.1) is 11.1 Å². The molecule has 1 N–H and O–H groups in total. The Morgan fingerprint density at radius 1 is 0.857 bits per heavy atom. The molecule has 0 radical (unpaired) electrons. The first-order valence-electron chi connectivity index (χ1n) is 6.66. The maximum atomic E-state index is 14.7. The van der Waals surface area contributed by atoms with Crippen LogP contribution in [0.5, 0.6) is 0 Å². The number of imide groups is 1. The van der Waals surface area contributed by atoms with E-state index in [4.69, 9.17) is 0 Å². The van der Waals surface area contributed by atoms with Crippen LogP contribution < -0.4 is 5.32 Å². The summed E-state index contributed by atoms with van der Waals surface area (Å²) in [5.41, 5.74) is 4.05. The summed E-state index contributed by atoms with van der Waals surface area (Å²) in [5.74, 6) is -1.85. The minimum atomic E-state index is -0.670. The number of carbonyl (C=O) groups is 2. The lowest BCUT2D eigenvalue weighted by Gasteiger charge is -2.13. The first-order chi connectivity index (χ1) is 9.90. The number of hydrogen-bond acceptors (Lipinski definition) is 2. The van der Waals surface area contributed by atoms with Crippen molar-refractivity contribution in [3.8, 4) is 11.1 Å². The summed E-state index contributed by atoms with van der Waals surface area (Å²) in [6, 6.07) is 7.02. The summed E-state index contributed by atoms with van der Waals surface area (Å²) in [6.45, 7) is 5.80. The number of rotatable bonds is 1. The van der Waals surface area contributed by atoms with Gasteiger partial charge in [-0.2, -0.15) is 0 Å². The molecule has 21 heavy (non-hydrogen) atoms. The SMILES string of the molecule is Cc1cc(C)c(-c2ccc3c(c2F)C(=O)NC3=O)c(C)c1. The maximum Gasteiger partial charge on any atom is 0.261 e. The third-order valence-corrected chi connectivity index (χ3v) is 3.79. The molecule has 0 aliphatic carbocycles. The number of carbonyl (C=O) groups excluding carboxylic acids is 2. The van der Waals surface area contributed by atoms with Crippen LogP contribution in [-0.2, 0) is 0 Å². The predicted octanol–water partition coefficient (Wildman–Crippen LogP) is 3.30. The van der Waals surface area contributed by atoms with Gasteiger partial charge < -0.3 is 0 Å². The number of aryl methyl sites for hydroxylation is 3. The molecule has 2 aromatic carbocycles. The van der Waals surface area contributed by atoms with E-state index in [9.17, 15) is 14.0 Å². The van der Waals surface area contributed by atoms with Crippen molar-refractivity contribution in [1.29, 1.82) is 0 Å². The molecular weight excluding hydrogens is 269 g/mol. The summed E-state index contributed by atoms with van der Waals surface area (Å²) >= 11 is 0. The van der Waals surface area contributed by atoms with Crippen LogP contribution in [0.15, 0.2) is 24.3 Å². The van der Waals surface area contributed by atoms with Crippen LogP contribution >= 0.6 is 0 Å². The van der Waals surface area contributed by atoms with E-state index in [1.807, 2.05) is 32.9 Å². The van der Waals surface area contributed by atoms with Crippen molar-refractivity contribution in [2.45, 2.75) is 20.8 Å². The first kappa shape index (κ1) is 13.5. The number of amides is 2. The van der Waals surface area contributed by atoms with E-state index in [1.54, 1.807) is 6.07 Å². The van der Waals surface area contributed by atoms with Gasteiger partial charge in [-0.1, -0.05) is 23.8 Å². The predicted molar refractivity (Wildman–Crippen MR) is 77.8 cm³/mol. The minimum absolute atomic E-state index is 0.101. The topological polar surface area (TPSA) is 46.2 Å². The average molecular weight is 283 g/mol. The van der Waals surface area contributed by atoms with E-state index >= 15 is 0 Å². The largest absolute Gasteiger partial charge is 0.288 e. The van der Waals surface area contributed by atoms with Gasteiger partial charge in [-0.25, -0.2) is 4.39 Å². The van der Waals surface area contributed by atoms with Gasteiger partial charge in [0.1, 0.15) is 5.82 Å². The molecule has 2 aromatic rings. The highest BCUT2D eigenvalue weighted by Crippen LogP contribution is 2.34. The lowest BCUT2D eigenvalue weighted by Crippen LogP contribution is -2.20. The van der Waals surface area contributed by atoms with Gasteiger partial charge >= 0.3 is 0 Å². The second-order valence-corrected chi connectivity index (χ2v) is 5.41. The molecule has 3 nitrogen and oxygen atoms in total. The lowest BCUT2D eigenvalue weighted by atomic mass is 9.91. The summed E-state index contributed by atoms with van der Waals surface area (Å²) in [4.78, 5) is 23.3. The fourth-order valence-electron chi connectivity index (χ4n) is 3.02. The smallest absolute Gasteiger partial charge is 0.261 e. The van der Waals surface area contributed by atoms with Crippen molar-refractivity contribution >= 4 is 11.8 Å². The van der Waals surface area contributed by atoms with Crippen LogP contribution in [-0.4, -0.2) is 11.8 Å². The molecule has 0 spiro atoms. The minimum Gasteiger partial charge on any atom is -0.288 e. The normalized spacial score (nSPS) is 13.3. The van der Waals surface area contributed by atoms with Gasteiger partial charge in [0, 0.05) is 5.56 Å². The van der Waals surface area contributed by atoms with Crippen molar-refractivity contribution < 1.29 is 14.0 Å². The maximum absolute atomic E-state index is 14.7. The van der Waals surface area contributed by atoms with Crippen LogP contribution in [0.2, 0.25) is 0 Å². The highest BCUT2D eigenvalue weighted by molar-refractivity contribution is 6.22. The van der Waals surface area contributed by atoms with E-state index in [2.05, 4.69) is 5.32 Å². The Labute approximate surface area is 121 Å². The van der Waals surface area contributed by atoms with E-state index in [0.717, 1.165) is 22.3 Å². The van der Waals surface area contributed by atoms with Crippen LogP contribution in [0.25, 0.3) is 11.1 Å². The highest BCUT2D eigenvalue weighted by atomic mass is 19.1. The van der Waals surface area contributed by atoms with Gasteiger partial charge in [0.25, 0.3) is 11.8 Å². The molecule has 1 heterocycles. The van der Waals surface area contributed by atoms with E-state index < -0.39 is 17.6 Å². The molecule has 106 valence electrons. The zero-order valence-electron chi connectivity index (χ0n) is 12.0. The van der Waals surface area contributed by atoms with Gasteiger partial charge in [-0.3, -0.25) is 14.9 Å².